The number of carbonyl (C=O) groups is 1. The highest BCUT2D eigenvalue weighted by Gasteiger charge is 2.42. The van der Waals surface area contributed by atoms with Gasteiger partial charge in [0.1, 0.15) is 11.6 Å². The highest BCUT2D eigenvalue weighted by atomic mass is 35.5. The van der Waals surface area contributed by atoms with E-state index >= 15 is 0 Å². The predicted molar refractivity (Wildman–Crippen MR) is 135 cm³/mol. The lowest BCUT2D eigenvalue weighted by molar-refractivity contribution is -0.384. The van der Waals surface area contributed by atoms with Crippen molar-refractivity contribution < 1.29 is 18.1 Å². The molecule has 0 aromatic heterocycles. The lowest BCUT2D eigenvalue weighted by atomic mass is 9.84. The molecule has 0 aliphatic heterocycles. The maximum atomic E-state index is 13.7. The first-order chi connectivity index (χ1) is 16.5. The number of aryl methyl sites for hydroxylation is 2. The first kappa shape index (κ1) is 25.4. The van der Waals surface area contributed by atoms with Crippen molar-refractivity contribution in [2.24, 2.45) is 17.8 Å². The third-order valence-corrected chi connectivity index (χ3v) is 9.51. The van der Waals surface area contributed by atoms with Gasteiger partial charge >= 0.3 is 0 Å². The minimum Gasteiger partial charge on any atom is -0.352 e. The van der Waals surface area contributed by atoms with Crippen LogP contribution in [0.25, 0.3) is 0 Å². The number of rotatable bonds is 8. The van der Waals surface area contributed by atoms with Crippen LogP contribution in [0.1, 0.15) is 43.7 Å². The van der Waals surface area contributed by atoms with Crippen molar-refractivity contribution in [2.75, 3.05) is 10.8 Å². The van der Waals surface area contributed by atoms with Crippen LogP contribution >= 0.6 is 11.6 Å². The summed E-state index contributed by atoms with van der Waals surface area (Å²) in [6, 6.07) is 8.53. The summed E-state index contributed by atoms with van der Waals surface area (Å²) in [6.45, 7) is 5.21. The molecule has 1 N–H and O–H groups in total. The number of fused-ring (bicyclic) bond motifs is 2. The number of sulfonamides is 1. The Morgan fingerprint density at radius 1 is 1.20 bits per heavy atom. The fourth-order valence-electron chi connectivity index (χ4n) is 5.75. The van der Waals surface area contributed by atoms with Crippen molar-refractivity contribution >= 4 is 38.9 Å². The molecular formula is C25H30ClN3O5S. The lowest BCUT2D eigenvalue weighted by Gasteiger charge is -2.30. The molecule has 0 heterocycles. The smallest absolute Gasteiger partial charge is 0.289 e. The molecule has 4 rings (SSSR count). The molecule has 2 aromatic carbocycles. The summed E-state index contributed by atoms with van der Waals surface area (Å²) in [4.78, 5) is 23.5. The second kappa shape index (κ2) is 9.78. The van der Waals surface area contributed by atoms with Gasteiger partial charge in [-0.15, -0.1) is 0 Å². The SMILES string of the molecule is Cc1ccc(N(CC(=O)N[C@H](C)[C@@H]2C[C@@H]3CC[C@@H]2C3)S(=O)(=O)c2ccc(Cl)c([N+](=O)[O-])c2)c(C)c1. The molecule has 2 aliphatic carbocycles. The van der Waals surface area contributed by atoms with E-state index in [0.29, 0.717) is 23.1 Å². The highest BCUT2D eigenvalue weighted by molar-refractivity contribution is 7.92. The van der Waals surface area contributed by atoms with Gasteiger partial charge in [-0.05, 0) is 81.5 Å². The molecule has 1 amide bonds. The number of nitro groups is 1. The van der Waals surface area contributed by atoms with E-state index in [-0.39, 0.29) is 16.0 Å². The van der Waals surface area contributed by atoms with Gasteiger partial charge in [-0.3, -0.25) is 19.2 Å². The standard InChI is InChI=1S/C25H30ClN3O5S/c1-15-4-9-23(16(2)10-15)28(35(33,34)20-7-8-22(26)24(13-20)29(31)32)14-25(30)27-17(3)21-12-18-5-6-19(21)11-18/h4,7-10,13,17-19,21H,5-6,11-12,14H2,1-3H3,(H,27,30)/t17-,18-,19-,21+/m1/s1. The van der Waals surface area contributed by atoms with Crippen LogP contribution in [0.15, 0.2) is 41.3 Å². The Kier molecular flexibility index (Phi) is 7.11. The van der Waals surface area contributed by atoms with E-state index in [0.717, 1.165) is 28.3 Å². The van der Waals surface area contributed by atoms with Gasteiger partial charge in [0.2, 0.25) is 5.91 Å². The summed E-state index contributed by atoms with van der Waals surface area (Å²) < 4.78 is 28.5. The molecule has 2 aromatic rings. The largest absolute Gasteiger partial charge is 0.352 e. The molecule has 2 bridgehead atoms. The van der Waals surface area contributed by atoms with Gasteiger partial charge in [0.25, 0.3) is 15.7 Å². The zero-order valence-corrected chi connectivity index (χ0v) is 21.6. The zero-order chi connectivity index (χ0) is 25.5. The Balaban J connectivity index is 1.64. The van der Waals surface area contributed by atoms with Crippen molar-refractivity contribution in [3.63, 3.8) is 0 Å². The van der Waals surface area contributed by atoms with Gasteiger partial charge in [0, 0.05) is 12.1 Å². The molecule has 8 nitrogen and oxygen atoms in total. The Morgan fingerprint density at radius 2 is 1.94 bits per heavy atom. The van der Waals surface area contributed by atoms with E-state index < -0.39 is 33.1 Å². The van der Waals surface area contributed by atoms with Crippen LogP contribution in [-0.2, 0) is 14.8 Å². The third kappa shape index (κ3) is 5.16. The second-order valence-electron chi connectivity index (χ2n) is 9.87. The number of carbonyl (C=O) groups excluding carboxylic acids is 1. The summed E-state index contributed by atoms with van der Waals surface area (Å²) in [5, 5.41) is 14.2. The minimum absolute atomic E-state index is 0.0573. The molecule has 0 radical (unpaired) electrons. The van der Waals surface area contributed by atoms with Crippen molar-refractivity contribution in [1.29, 1.82) is 0 Å². The van der Waals surface area contributed by atoms with Crippen LogP contribution in [-0.4, -0.2) is 31.8 Å². The molecule has 0 spiro atoms. The minimum atomic E-state index is -4.31. The van der Waals surface area contributed by atoms with Crippen LogP contribution in [0.2, 0.25) is 5.02 Å². The molecule has 0 unspecified atom stereocenters. The molecule has 2 aliphatic rings. The average molecular weight is 520 g/mol. The fourth-order valence-corrected chi connectivity index (χ4v) is 7.44. The number of amides is 1. The van der Waals surface area contributed by atoms with Crippen molar-refractivity contribution in [2.45, 2.75) is 57.4 Å². The molecule has 2 saturated carbocycles. The van der Waals surface area contributed by atoms with E-state index in [1.165, 1.54) is 31.4 Å². The highest BCUT2D eigenvalue weighted by Crippen LogP contribution is 2.49. The second-order valence-corrected chi connectivity index (χ2v) is 12.1. The van der Waals surface area contributed by atoms with Crippen molar-refractivity contribution in [1.82, 2.24) is 5.32 Å². The first-order valence-corrected chi connectivity index (χ1v) is 13.6. The summed E-state index contributed by atoms with van der Waals surface area (Å²) in [5.74, 6) is 1.34. The van der Waals surface area contributed by atoms with Gasteiger partial charge in [-0.2, -0.15) is 0 Å². The predicted octanol–water partition coefficient (Wildman–Crippen LogP) is 5.00. The maximum Gasteiger partial charge on any atom is 0.289 e. The number of hydrogen-bond donors (Lipinski definition) is 1. The van der Waals surface area contributed by atoms with Gasteiger partial charge in [0.05, 0.1) is 15.5 Å². The maximum absolute atomic E-state index is 13.7. The Morgan fingerprint density at radius 3 is 2.54 bits per heavy atom. The van der Waals surface area contributed by atoms with Crippen LogP contribution in [0.3, 0.4) is 0 Å². The number of hydrogen-bond acceptors (Lipinski definition) is 5. The number of benzene rings is 2. The topological polar surface area (TPSA) is 110 Å². The molecular weight excluding hydrogens is 490 g/mol. The van der Waals surface area contributed by atoms with E-state index in [1.54, 1.807) is 19.1 Å². The summed E-state index contributed by atoms with van der Waals surface area (Å²) in [5.41, 5.74) is 1.45. The van der Waals surface area contributed by atoms with Crippen LogP contribution in [0.5, 0.6) is 0 Å². The third-order valence-electron chi connectivity index (χ3n) is 7.43. The van der Waals surface area contributed by atoms with Crippen LogP contribution in [0, 0.1) is 41.7 Å². The normalized spacial score (nSPS) is 22.1. The van der Waals surface area contributed by atoms with Crippen LogP contribution < -0.4 is 9.62 Å². The summed E-state index contributed by atoms with van der Waals surface area (Å²) in [6.07, 6.45) is 4.75. The number of anilines is 1. The molecule has 35 heavy (non-hydrogen) atoms. The van der Waals surface area contributed by atoms with Gasteiger partial charge in [-0.25, -0.2) is 8.42 Å². The Labute approximate surface area is 210 Å². The number of halogens is 1. The monoisotopic (exact) mass is 519 g/mol. The molecule has 10 heteroatoms. The Hall–Kier alpha value is -2.65. The molecule has 2 fully saturated rings. The van der Waals surface area contributed by atoms with E-state index in [1.807, 2.05) is 19.9 Å². The first-order valence-electron chi connectivity index (χ1n) is 11.8. The van der Waals surface area contributed by atoms with Crippen molar-refractivity contribution in [3.8, 4) is 0 Å². The van der Waals surface area contributed by atoms with E-state index in [4.69, 9.17) is 11.6 Å². The molecule has 0 saturated heterocycles. The zero-order valence-electron chi connectivity index (χ0n) is 20.0. The molecule has 188 valence electrons. The van der Waals surface area contributed by atoms with E-state index in [9.17, 15) is 23.3 Å². The number of nitrogens with one attached hydrogen (secondary N) is 1. The summed E-state index contributed by atoms with van der Waals surface area (Å²) in [7, 11) is -4.31. The van der Waals surface area contributed by atoms with Crippen molar-refractivity contribution in [3.05, 3.63) is 62.7 Å². The van der Waals surface area contributed by atoms with E-state index in [2.05, 4.69) is 5.32 Å². The van der Waals surface area contributed by atoms with Gasteiger partial charge in [0.15, 0.2) is 0 Å². The molecule has 4 atom stereocenters. The van der Waals surface area contributed by atoms with Gasteiger partial charge < -0.3 is 5.32 Å². The van der Waals surface area contributed by atoms with Gasteiger partial charge in [-0.1, -0.05) is 35.7 Å². The number of nitro benzene ring substituents is 1. The quantitative estimate of drug-likeness (QED) is 0.390. The average Bonchev–Trinajstić information content (AvgIpc) is 3.42. The fraction of sp³-hybridized carbons (Fsp3) is 0.480. The Bertz CT molecular complexity index is 1270. The number of nitrogens with zero attached hydrogens (tertiary/aromatic N) is 2. The lowest BCUT2D eigenvalue weighted by Crippen LogP contribution is -2.46. The van der Waals surface area contributed by atoms with Crippen LogP contribution in [0.4, 0.5) is 11.4 Å². The summed E-state index contributed by atoms with van der Waals surface area (Å²) >= 11 is 5.90.